The summed E-state index contributed by atoms with van der Waals surface area (Å²) in [5.41, 5.74) is 8.27. The molecule has 2 rings (SSSR count). The quantitative estimate of drug-likeness (QED) is 0.809. The second-order valence-electron chi connectivity index (χ2n) is 4.40. The third-order valence-electron chi connectivity index (χ3n) is 3.08. The van der Waals surface area contributed by atoms with Crippen molar-refractivity contribution < 1.29 is 0 Å². The van der Waals surface area contributed by atoms with Crippen molar-refractivity contribution >= 4 is 17.2 Å². The molecule has 0 spiro atoms. The average molecular weight is 234 g/mol. The first-order chi connectivity index (χ1) is 7.75. The first-order valence-electron chi connectivity index (χ1n) is 5.83. The molecule has 2 nitrogen and oxygen atoms in total. The lowest BCUT2D eigenvalue weighted by atomic mass is 10.0. The number of nitrogens with zero attached hydrogens (tertiary/aromatic N) is 1. The van der Waals surface area contributed by atoms with Gasteiger partial charge in [0.25, 0.3) is 0 Å². The zero-order valence-corrected chi connectivity index (χ0v) is 10.3. The minimum Gasteiger partial charge on any atom is -0.393 e. The Morgan fingerprint density at radius 1 is 1.19 bits per heavy atom. The standard InChI is InChI=1S/C13H18N2S/c14-13(16)9-11-5-1-2-6-12(11)10-15-7-3-4-8-15/h1-2,5-6H,3-4,7-10H2,(H2,14,16). The van der Waals surface area contributed by atoms with E-state index < -0.39 is 0 Å². The molecule has 1 aliphatic heterocycles. The molecule has 0 aliphatic carbocycles. The van der Waals surface area contributed by atoms with Crippen LogP contribution in [-0.2, 0) is 13.0 Å². The number of nitrogens with two attached hydrogens (primary N) is 1. The van der Waals surface area contributed by atoms with E-state index in [0.717, 1.165) is 13.0 Å². The first-order valence-corrected chi connectivity index (χ1v) is 6.24. The molecule has 0 atom stereocenters. The molecule has 0 saturated carbocycles. The fourth-order valence-electron chi connectivity index (χ4n) is 2.25. The van der Waals surface area contributed by atoms with Crippen LogP contribution in [0.4, 0.5) is 0 Å². The van der Waals surface area contributed by atoms with Crippen molar-refractivity contribution in [2.45, 2.75) is 25.8 Å². The van der Waals surface area contributed by atoms with E-state index in [2.05, 4.69) is 29.2 Å². The Morgan fingerprint density at radius 3 is 2.44 bits per heavy atom. The summed E-state index contributed by atoms with van der Waals surface area (Å²) in [4.78, 5) is 3.08. The third kappa shape index (κ3) is 3.03. The maximum absolute atomic E-state index is 5.62. The SMILES string of the molecule is NC(=S)Cc1ccccc1CN1CCCC1. The summed E-state index contributed by atoms with van der Waals surface area (Å²) in [5.74, 6) is 0. The van der Waals surface area contributed by atoms with Gasteiger partial charge in [-0.25, -0.2) is 0 Å². The Labute approximate surface area is 102 Å². The molecular weight excluding hydrogens is 216 g/mol. The van der Waals surface area contributed by atoms with E-state index in [-0.39, 0.29) is 0 Å². The number of rotatable bonds is 4. The normalized spacial score (nSPS) is 16.5. The van der Waals surface area contributed by atoms with Crippen LogP contribution < -0.4 is 5.73 Å². The van der Waals surface area contributed by atoms with Crippen molar-refractivity contribution in [1.29, 1.82) is 0 Å². The summed E-state index contributed by atoms with van der Waals surface area (Å²) in [5, 5.41) is 0. The minimum absolute atomic E-state index is 0.578. The average Bonchev–Trinajstić information content (AvgIpc) is 2.73. The van der Waals surface area contributed by atoms with E-state index in [1.165, 1.54) is 37.1 Å². The number of benzene rings is 1. The molecular formula is C13H18N2S. The molecule has 0 bridgehead atoms. The van der Waals surface area contributed by atoms with Crippen molar-refractivity contribution in [2.75, 3.05) is 13.1 Å². The summed E-state index contributed by atoms with van der Waals surface area (Å²) < 4.78 is 0. The topological polar surface area (TPSA) is 29.3 Å². The van der Waals surface area contributed by atoms with Crippen LogP contribution in [0.3, 0.4) is 0 Å². The molecule has 1 aliphatic rings. The summed E-state index contributed by atoms with van der Waals surface area (Å²) in [6.07, 6.45) is 3.38. The molecule has 16 heavy (non-hydrogen) atoms. The van der Waals surface area contributed by atoms with Gasteiger partial charge < -0.3 is 5.73 Å². The summed E-state index contributed by atoms with van der Waals surface area (Å²) >= 11 is 4.98. The monoisotopic (exact) mass is 234 g/mol. The van der Waals surface area contributed by atoms with Crippen LogP contribution in [0.1, 0.15) is 24.0 Å². The number of hydrogen-bond donors (Lipinski definition) is 1. The predicted octanol–water partition coefficient (Wildman–Crippen LogP) is 2.11. The summed E-state index contributed by atoms with van der Waals surface area (Å²) in [6, 6.07) is 8.46. The summed E-state index contributed by atoms with van der Waals surface area (Å²) in [6.45, 7) is 3.49. The largest absolute Gasteiger partial charge is 0.393 e. The van der Waals surface area contributed by atoms with Gasteiger partial charge in [0, 0.05) is 13.0 Å². The molecule has 0 unspecified atom stereocenters. The van der Waals surface area contributed by atoms with E-state index in [1.807, 2.05) is 0 Å². The van der Waals surface area contributed by atoms with Gasteiger partial charge in [-0.2, -0.15) is 0 Å². The second kappa shape index (κ2) is 5.41. The van der Waals surface area contributed by atoms with Crippen LogP contribution in [0.2, 0.25) is 0 Å². The molecule has 1 saturated heterocycles. The van der Waals surface area contributed by atoms with Gasteiger partial charge in [0.05, 0.1) is 4.99 Å². The molecule has 0 aromatic heterocycles. The van der Waals surface area contributed by atoms with Crippen LogP contribution in [0.5, 0.6) is 0 Å². The maximum Gasteiger partial charge on any atom is 0.0771 e. The van der Waals surface area contributed by atoms with Crippen LogP contribution in [0.15, 0.2) is 24.3 Å². The molecule has 1 fully saturated rings. The van der Waals surface area contributed by atoms with Gasteiger partial charge in [0.1, 0.15) is 0 Å². The Bertz CT molecular complexity index is 370. The smallest absolute Gasteiger partial charge is 0.0771 e. The van der Waals surface area contributed by atoms with Gasteiger partial charge in [0.15, 0.2) is 0 Å². The molecule has 0 amide bonds. The van der Waals surface area contributed by atoms with Gasteiger partial charge in [-0.1, -0.05) is 36.5 Å². The van der Waals surface area contributed by atoms with E-state index in [4.69, 9.17) is 18.0 Å². The van der Waals surface area contributed by atoms with Crippen LogP contribution in [0, 0.1) is 0 Å². The maximum atomic E-state index is 5.62. The van der Waals surface area contributed by atoms with E-state index in [1.54, 1.807) is 0 Å². The lowest BCUT2D eigenvalue weighted by Crippen LogP contribution is -2.20. The zero-order chi connectivity index (χ0) is 11.4. The molecule has 86 valence electrons. The summed E-state index contributed by atoms with van der Waals surface area (Å²) in [7, 11) is 0. The van der Waals surface area contributed by atoms with Crippen LogP contribution in [0.25, 0.3) is 0 Å². The fraction of sp³-hybridized carbons (Fsp3) is 0.462. The van der Waals surface area contributed by atoms with Crippen molar-refractivity contribution in [2.24, 2.45) is 5.73 Å². The second-order valence-corrected chi connectivity index (χ2v) is 4.92. The molecule has 1 heterocycles. The van der Waals surface area contributed by atoms with Gasteiger partial charge in [-0.05, 0) is 37.1 Å². The number of thiocarbonyl (C=S) groups is 1. The Kier molecular flexibility index (Phi) is 3.91. The highest BCUT2D eigenvalue weighted by molar-refractivity contribution is 7.80. The Hall–Kier alpha value is -0.930. The highest BCUT2D eigenvalue weighted by atomic mass is 32.1. The highest BCUT2D eigenvalue weighted by Crippen LogP contribution is 2.16. The van der Waals surface area contributed by atoms with E-state index in [0.29, 0.717) is 4.99 Å². The van der Waals surface area contributed by atoms with Gasteiger partial charge in [-0.15, -0.1) is 0 Å². The zero-order valence-electron chi connectivity index (χ0n) is 9.48. The Balaban J connectivity index is 2.09. The van der Waals surface area contributed by atoms with Crippen molar-refractivity contribution in [3.63, 3.8) is 0 Å². The first kappa shape index (κ1) is 11.6. The van der Waals surface area contributed by atoms with Crippen LogP contribution >= 0.6 is 12.2 Å². The number of likely N-dealkylation sites (tertiary alicyclic amines) is 1. The predicted molar refractivity (Wildman–Crippen MR) is 71.4 cm³/mol. The van der Waals surface area contributed by atoms with Gasteiger partial charge in [0.2, 0.25) is 0 Å². The van der Waals surface area contributed by atoms with Crippen molar-refractivity contribution in [3.8, 4) is 0 Å². The van der Waals surface area contributed by atoms with E-state index in [9.17, 15) is 0 Å². The molecule has 2 N–H and O–H groups in total. The molecule has 1 aromatic rings. The fourth-order valence-corrected chi connectivity index (χ4v) is 2.41. The van der Waals surface area contributed by atoms with Gasteiger partial charge in [-0.3, -0.25) is 4.90 Å². The van der Waals surface area contributed by atoms with Crippen molar-refractivity contribution in [1.82, 2.24) is 4.90 Å². The molecule has 1 aromatic carbocycles. The minimum atomic E-state index is 0.578. The van der Waals surface area contributed by atoms with Gasteiger partial charge >= 0.3 is 0 Å². The van der Waals surface area contributed by atoms with Crippen LogP contribution in [-0.4, -0.2) is 23.0 Å². The third-order valence-corrected chi connectivity index (χ3v) is 3.22. The molecule has 0 radical (unpaired) electrons. The highest BCUT2D eigenvalue weighted by Gasteiger charge is 2.13. The van der Waals surface area contributed by atoms with E-state index >= 15 is 0 Å². The molecule has 3 heteroatoms. The lowest BCUT2D eigenvalue weighted by molar-refractivity contribution is 0.330. The lowest BCUT2D eigenvalue weighted by Gasteiger charge is -2.17. The Morgan fingerprint density at radius 2 is 1.81 bits per heavy atom. The van der Waals surface area contributed by atoms with Crippen molar-refractivity contribution in [3.05, 3.63) is 35.4 Å². The number of hydrogen-bond acceptors (Lipinski definition) is 2.